The molecule has 2 unspecified atom stereocenters. The van der Waals surface area contributed by atoms with Crippen LogP contribution in [0.4, 0.5) is 0 Å². The van der Waals surface area contributed by atoms with E-state index in [1.165, 1.54) is 7.11 Å². The van der Waals surface area contributed by atoms with E-state index in [0.29, 0.717) is 6.42 Å². The number of aliphatic hydroxyl groups is 1. The zero-order chi connectivity index (χ0) is 10.1. The van der Waals surface area contributed by atoms with E-state index in [1.807, 2.05) is 0 Å². The molecule has 3 heteroatoms. The minimum absolute atomic E-state index is 0.157. The lowest BCUT2D eigenvalue weighted by molar-refractivity contribution is -0.152. The van der Waals surface area contributed by atoms with Crippen LogP contribution in [0.25, 0.3) is 0 Å². The predicted molar refractivity (Wildman–Crippen MR) is 49.1 cm³/mol. The summed E-state index contributed by atoms with van der Waals surface area (Å²) >= 11 is 0. The number of esters is 1. The fourth-order valence-corrected chi connectivity index (χ4v) is 1.98. The van der Waals surface area contributed by atoms with Crippen LogP contribution in [-0.2, 0) is 9.53 Å². The molecule has 3 nitrogen and oxygen atoms in total. The van der Waals surface area contributed by atoms with Crippen molar-refractivity contribution in [2.75, 3.05) is 7.11 Å². The van der Waals surface area contributed by atoms with Gasteiger partial charge in [-0.15, -0.1) is 0 Å². The number of hydrogen-bond donors (Lipinski definition) is 1. The molecule has 0 aromatic carbocycles. The second-order valence-corrected chi connectivity index (χ2v) is 4.60. The molecule has 2 atom stereocenters. The highest BCUT2D eigenvalue weighted by atomic mass is 16.5. The van der Waals surface area contributed by atoms with Crippen molar-refractivity contribution >= 4 is 5.97 Å². The minimum atomic E-state index is -0.531. The molecule has 1 aliphatic rings. The summed E-state index contributed by atoms with van der Waals surface area (Å²) in [6, 6.07) is 0. The maximum absolute atomic E-state index is 11.2. The molecule has 0 saturated heterocycles. The molecule has 0 aliphatic heterocycles. The Balaban J connectivity index is 2.58. The average Bonchev–Trinajstić information content (AvgIpc) is 2.01. The number of rotatable bonds is 1. The van der Waals surface area contributed by atoms with Gasteiger partial charge in [0.05, 0.1) is 19.1 Å². The molecular formula is C10H18O3. The first-order valence-electron chi connectivity index (χ1n) is 4.72. The van der Waals surface area contributed by atoms with Crippen LogP contribution in [-0.4, -0.2) is 24.3 Å². The third kappa shape index (κ3) is 2.44. The summed E-state index contributed by atoms with van der Waals surface area (Å²) in [7, 11) is 1.37. The summed E-state index contributed by atoms with van der Waals surface area (Å²) in [4.78, 5) is 11.2. The van der Waals surface area contributed by atoms with Gasteiger partial charge >= 0.3 is 5.97 Å². The van der Waals surface area contributed by atoms with Gasteiger partial charge in [-0.3, -0.25) is 4.79 Å². The molecule has 0 spiro atoms. The van der Waals surface area contributed by atoms with E-state index >= 15 is 0 Å². The number of carbonyl (C=O) groups excluding carboxylic acids is 1. The molecule has 0 bridgehead atoms. The Kier molecular flexibility index (Phi) is 2.96. The molecule has 0 aromatic heterocycles. The summed E-state index contributed by atoms with van der Waals surface area (Å²) in [6.45, 7) is 4.23. The normalized spacial score (nSPS) is 32.6. The van der Waals surface area contributed by atoms with Gasteiger partial charge in [0.2, 0.25) is 0 Å². The molecule has 0 aromatic rings. The highest BCUT2D eigenvalue weighted by Crippen LogP contribution is 2.38. The lowest BCUT2D eigenvalue weighted by Gasteiger charge is -2.36. The van der Waals surface area contributed by atoms with Crippen molar-refractivity contribution < 1.29 is 14.6 Å². The van der Waals surface area contributed by atoms with Gasteiger partial charge in [-0.05, 0) is 24.7 Å². The van der Waals surface area contributed by atoms with E-state index < -0.39 is 6.10 Å². The summed E-state index contributed by atoms with van der Waals surface area (Å²) in [5.41, 5.74) is 0.157. The average molecular weight is 186 g/mol. The monoisotopic (exact) mass is 186 g/mol. The number of hydrogen-bond acceptors (Lipinski definition) is 3. The van der Waals surface area contributed by atoms with E-state index in [9.17, 15) is 9.90 Å². The Bertz CT molecular complexity index is 198. The van der Waals surface area contributed by atoms with Gasteiger partial charge in [0.1, 0.15) is 0 Å². The minimum Gasteiger partial charge on any atom is -0.469 e. The number of ether oxygens (including phenoxy) is 1. The first-order chi connectivity index (χ1) is 5.96. The van der Waals surface area contributed by atoms with E-state index in [-0.39, 0.29) is 17.3 Å². The summed E-state index contributed by atoms with van der Waals surface area (Å²) in [6.07, 6.45) is 1.87. The van der Waals surface area contributed by atoms with Gasteiger partial charge in [0.25, 0.3) is 0 Å². The molecule has 76 valence electrons. The molecule has 1 N–H and O–H groups in total. The highest BCUT2D eigenvalue weighted by molar-refractivity contribution is 5.73. The Morgan fingerprint density at radius 1 is 1.54 bits per heavy atom. The van der Waals surface area contributed by atoms with Crippen molar-refractivity contribution in [2.45, 2.75) is 39.2 Å². The SMILES string of the molecule is COC(=O)C1CCC(C)(C)CC1O. The second-order valence-electron chi connectivity index (χ2n) is 4.60. The van der Waals surface area contributed by atoms with Crippen LogP contribution in [0.2, 0.25) is 0 Å². The van der Waals surface area contributed by atoms with E-state index in [4.69, 9.17) is 0 Å². The summed E-state index contributed by atoms with van der Waals surface area (Å²) in [5, 5.41) is 9.71. The fraction of sp³-hybridized carbons (Fsp3) is 0.900. The van der Waals surface area contributed by atoms with Gasteiger partial charge in [-0.2, -0.15) is 0 Å². The molecule has 1 saturated carbocycles. The quantitative estimate of drug-likeness (QED) is 0.629. The molecule has 1 fully saturated rings. The zero-order valence-electron chi connectivity index (χ0n) is 8.54. The number of carbonyl (C=O) groups is 1. The van der Waals surface area contributed by atoms with Gasteiger partial charge in [0.15, 0.2) is 0 Å². The van der Waals surface area contributed by atoms with Crippen LogP contribution in [0.15, 0.2) is 0 Å². The Labute approximate surface area is 79.1 Å². The first kappa shape index (κ1) is 10.5. The van der Waals surface area contributed by atoms with Gasteiger partial charge in [-0.1, -0.05) is 13.8 Å². The smallest absolute Gasteiger partial charge is 0.311 e. The molecule has 0 amide bonds. The molecule has 1 aliphatic carbocycles. The van der Waals surface area contributed by atoms with Crippen molar-refractivity contribution in [2.24, 2.45) is 11.3 Å². The van der Waals surface area contributed by atoms with Gasteiger partial charge < -0.3 is 9.84 Å². The third-order valence-electron chi connectivity index (χ3n) is 2.86. The number of aliphatic hydroxyl groups excluding tert-OH is 1. The predicted octanol–water partition coefficient (Wildman–Crippen LogP) is 1.35. The Morgan fingerprint density at radius 3 is 2.62 bits per heavy atom. The molecule has 0 radical (unpaired) electrons. The van der Waals surface area contributed by atoms with Crippen LogP contribution in [0, 0.1) is 11.3 Å². The van der Waals surface area contributed by atoms with Crippen molar-refractivity contribution in [3.8, 4) is 0 Å². The van der Waals surface area contributed by atoms with Gasteiger partial charge in [0, 0.05) is 0 Å². The lowest BCUT2D eigenvalue weighted by Crippen LogP contribution is -2.38. The van der Waals surface area contributed by atoms with Crippen molar-refractivity contribution in [3.05, 3.63) is 0 Å². The Morgan fingerprint density at radius 2 is 2.15 bits per heavy atom. The fourth-order valence-electron chi connectivity index (χ4n) is 1.98. The molecule has 1 rings (SSSR count). The van der Waals surface area contributed by atoms with Crippen LogP contribution in [0.5, 0.6) is 0 Å². The topological polar surface area (TPSA) is 46.5 Å². The highest BCUT2D eigenvalue weighted by Gasteiger charge is 2.37. The maximum Gasteiger partial charge on any atom is 0.311 e. The van der Waals surface area contributed by atoms with Crippen LogP contribution in [0.3, 0.4) is 0 Å². The van der Waals surface area contributed by atoms with E-state index in [2.05, 4.69) is 18.6 Å². The molecular weight excluding hydrogens is 168 g/mol. The Hall–Kier alpha value is -0.570. The standard InChI is InChI=1S/C10H18O3/c1-10(2)5-4-7(8(11)6-10)9(12)13-3/h7-8,11H,4-6H2,1-3H3. The number of methoxy groups -OCH3 is 1. The van der Waals surface area contributed by atoms with Crippen molar-refractivity contribution in [1.29, 1.82) is 0 Å². The van der Waals surface area contributed by atoms with E-state index in [0.717, 1.165) is 12.8 Å². The maximum atomic E-state index is 11.2. The first-order valence-corrected chi connectivity index (χ1v) is 4.72. The van der Waals surface area contributed by atoms with E-state index in [1.54, 1.807) is 0 Å². The van der Waals surface area contributed by atoms with Crippen molar-refractivity contribution in [3.63, 3.8) is 0 Å². The third-order valence-corrected chi connectivity index (χ3v) is 2.86. The second kappa shape index (κ2) is 3.66. The molecule has 13 heavy (non-hydrogen) atoms. The van der Waals surface area contributed by atoms with Crippen molar-refractivity contribution in [1.82, 2.24) is 0 Å². The summed E-state index contributed by atoms with van der Waals surface area (Å²) < 4.78 is 4.63. The van der Waals surface area contributed by atoms with Crippen LogP contribution < -0.4 is 0 Å². The molecule has 0 heterocycles. The van der Waals surface area contributed by atoms with Crippen LogP contribution in [0.1, 0.15) is 33.1 Å². The largest absolute Gasteiger partial charge is 0.469 e. The summed E-state index contributed by atoms with van der Waals surface area (Å²) in [5.74, 6) is -0.582. The van der Waals surface area contributed by atoms with Crippen LogP contribution >= 0.6 is 0 Å². The zero-order valence-corrected chi connectivity index (χ0v) is 8.54. The van der Waals surface area contributed by atoms with Gasteiger partial charge in [-0.25, -0.2) is 0 Å². The lowest BCUT2D eigenvalue weighted by atomic mass is 9.71.